The van der Waals surface area contributed by atoms with Gasteiger partial charge in [0.2, 0.25) is 0 Å². The van der Waals surface area contributed by atoms with Gasteiger partial charge in [-0.3, -0.25) is 9.78 Å². The summed E-state index contributed by atoms with van der Waals surface area (Å²) in [6.45, 7) is 1.90. The van der Waals surface area contributed by atoms with E-state index in [1.807, 2.05) is 60.7 Å². The first-order valence-electron chi connectivity index (χ1n) is 11.0. The van der Waals surface area contributed by atoms with Crippen molar-refractivity contribution in [3.05, 3.63) is 125 Å². The standard InChI is InChI=1S/C28H25N3O/c32-28(30-26-11-7-21(8-12-26)19-22-13-16-29-17-14-22)25-9-5-23(6-10-25)20-31-18-15-24-3-1-2-4-27(24)31/h1-14,16-17H,15,18-20H2,(H,30,32). The highest BCUT2D eigenvalue weighted by molar-refractivity contribution is 6.04. The van der Waals surface area contributed by atoms with Crippen LogP contribution in [0.4, 0.5) is 11.4 Å². The predicted molar refractivity (Wildman–Crippen MR) is 129 cm³/mol. The molecule has 158 valence electrons. The van der Waals surface area contributed by atoms with Gasteiger partial charge in [0.05, 0.1) is 0 Å². The van der Waals surface area contributed by atoms with Crippen molar-refractivity contribution >= 4 is 17.3 Å². The minimum Gasteiger partial charge on any atom is -0.367 e. The third-order valence-electron chi connectivity index (χ3n) is 5.94. The molecule has 4 aromatic rings. The van der Waals surface area contributed by atoms with Crippen LogP contribution in [0.1, 0.15) is 32.6 Å². The Morgan fingerprint density at radius 1 is 0.812 bits per heavy atom. The minimum absolute atomic E-state index is 0.0926. The fourth-order valence-corrected chi connectivity index (χ4v) is 4.20. The molecular weight excluding hydrogens is 394 g/mol. The zero-order valence-corrected chi connectivity index (χ0v) is 17.9. The van der Waals surface area contributed by atoms with Gasteiger partial charge in [-0.15, -0.1) is 0 Å². The fourth-order valence-electron chi connectivity index (χ4n) is 4.20. The number of anilines is 2. The van der Waals surface area contributed by atoms with Crippen molar-refractivity contribution in [2.24, 2.45) is 0 Å². The second-order valence-corrected chi connectivity index (χ2v) is 8.18. The largest absolute Gasteiger partial charge is 0.367 e. The van der Waals surface area contributed by atoms with Gasteiger partial charge in [-0.2, -0.15) is 0 Å². The second kappa shape index (κ2) is 9.06. The Hall–Kier alpha value is -3.92. The summed E-state index contributed by atoms with van der Waals surface area (Å²) in [5.74, 6) is -0.0926. The average molecular weight is 420 g/mol. The van der Waals surface area contributed by atoms with Crippen LogP contribution in [0, 0.1) is 0 Å². The highest BCUT2D eigenvalue weighted by atomic mass is 16.1. The molecule has 1 aliphatic heterocycles. The monoisotopic (exact) mass is 419 g/mol. The van der Waals surface area contributed by atoms with Gasteiger partial charge in [-0.25, -0.2) is 0 Å². The maximum atomic E-state index is 12.7. The number of benzene rings is 3. The number of rotatable bonds is 6. The lowest BCUT2D eigenvalue weighted by Gasteiger charge is -2.19. The molecule has 32 heavy (non-hydrogen) atoms. The van der Waals surface area contributed by atoms with Gasteiger partial charge >= 0.3 is 0 Å². The highest BCUT2D eigenvalue weighted by Gasteiger charge is 2.18. The number of amides is 1. The number of carbonyl (C=O) groups excluding carboxylic acids is 1. The number of fused-ring (bicyclic) bond motifs is 1. The topological polar surface area (TPSA) is 45.2 Å². The molecule has 0 fully saturated rings. The average Bonchev–Trinajstić information content (AvgIpc) is 3.24. The Morgan fingerprint density at radius 2 is 1.50 bits per heavy atom. The van der Waals surface area contributed by atoms with Crippen LogP contribution >= 0.6 is 0 Å². The lowest BCUT2D eigenvalue weighted by molar-refractivity contribution is 0.102. The molecule has 4 nitrogen and oxygen atoms in total. The summed E-state index contributed by atoms with van der Waals surface area (Å²) in [4.78, 5) is 19.1. The molecule has 5 rings (SSSR count). The van der Waals surface area contributed by atoms with Gasteiger partial charge in [-0.05, 0) is 77.6 Å². The normalized spacial score (nSPS) is 12.4. The number of aromatic nitrogens is 1. The lowest BCUT2D eigenvalue weighted by Crippen LogP contribution is -2.19. The van der Waals surface area contributed by atoms with E-state index in [1.54, 1.807) is 12.4 Å². The Bertz CT molecular complexity index is 1200. The van der Waals surface area contributed by atoms with Gasteiger partial charge in [0.25, 0.3) is 5.91 Å². The number of para-hydroxylation sites is 1. The Balaban J connectivity index is 1.19. The van der Waals surface area contributed by atoms with Crippen molar-refractivity contribution in [3.8, 4) is 0 Å². The van der Waals surface area contributed by atoms with E-state index in [1.165, 1.54) is 27.9 Å². The Kier molecular flexibility index (Phi) is 5.67. The van der Waals surface area contributed by atoms with Crippen LogP contribution in [0.3, 0.4) is 0 Å². The predicted octanol–water partition coefficient (Wildman–Crippen LogP) is 5.49. The summed E-state index contributed by atoms with van der Waals surface area (Å²) in [5, 5.41) is 3.00. The first kappa shape index (κ1) is 20.0. The molecule has 0 bridgehead atoms. The van der Waals surface area contributed by atoms with Crippen molar-refractivity contribution in [2.75, 3.05) is 16.8 Å². The summed E-state index contributed by atoms with van der Waals surface area (Å²) in [5.41, 5.74) is 7.81. The molecule has 0 radical (unpaired) electrons. The Morgan fingerprint density at radius 3 is 2.28 bits per heavy atom. The summed E-state index contributed by atoms with van der Waals surface area (Å²) in [7, 11) is 0. The lowest BCUT2D eigenvalue weighted by atomic mass is 10.1. The number of nitrogens with one attached hydrogen (secondary N) is 1. The summed E-state index contributed by atoms with van der Waals surface area (Å²) in [6, 6.07) is 28.5. The number of hydrogen-bond donors (Lipinski definition) is 1. The van der Waals surface area contributed by atoms with Gasteiger partial charge < -0.3 is 10.2 Å². The van der Waals surface area contributed by atoms with Crippen molar-refractivity contribution in [1.82, 2.24) is 4.98 Å². The van der Waals surface area contributed by atoms with E-state index in [0.717, 1.165) is 31.6 Å². The van der Waals surface area contributed by atoms with Crippen molar-refractivity contribution in [2.45, 2.75) is 19.4 Å². The maximum absolute atomic E-state index is 12.7. The molecular formula is C28H25N3O. The SMILES string of the molecule is O=C(Nc1ccc(Cc2ccncc2)cc1)c1ccc(CN2CCc3ccccc32)cc1. The van der Waals surface area contributed by atoms with Crippen LogP contribution < -0.4 is 10.2 Å². The number of nitrogens with zero attached hydrogens (tertiary/aromatic N) is 2. The van der Waals surface area contributed by atoms with Crippen LogP contribution in [-0.4, -0.2) is 17.4 Å². The molecule has 1 aliphatic rings. The smallest absolute Gasteiger partial charge is 0.255 e. The third-order valence-corrected chi connectivity index (χ3v) is 5.94. The second-order valence-electron chi connectivity index (χ2n) is 8.18. The first-order valence-corrected chi connectivity index (χ1v) is 11.0. The number of carbonyl (C=O) groups is 1. The minimum atomic E-state index is -0.0926. The molecule has 2 heterocycles. The van der Waals surface area contributed by atoms with Crippen LogP contribution in [0.25, 0.3) is 0 Å². The molecule has 0 saturated heterocycles. The van der Waals surface area contributed by atoms with E-state index >= 15 is 0 Å². The molecule has 1 aromatic heterocycles. The van der Waals surface area contributed by atoms with Crippen LogP contribution in [0.15, 0.2) is 97.3 Å². The molecule has 0 unspecified atom stereocenters. The zero-order chi connectivity index (χ0) is 21.8. The zero-order valence-electron chi connectivity index (χ0n) is 17.9. The van der Waals surface area contributed by atoms with Crippen LogP contribution in [0.2, 0.25) is 0 Å². The van der Waals surface area contributed by atoms with Crippen molar-refractivity contribution < 1.29 is 4.79 Å². The highest BCUT2D eigenvalue weighted by Crippen LogP contribution is 2.28. The summed E-state index contributed by atoms with van der Waals surface area (Å²) in [6.07, 6.45) is 5.55. The van der Waals surface area contributed by atoms with Gasteiger partial charge in [0.1, 0.15) is 0 Å². The van der Waals surface area contributed by atoms with E-state index < -0.39 is 0 Å². The number of pyridine rings is 1. The third kappa shape index (κ3) is 4.54. The summed E-state index contributed by atoms with van der Waals surface area (Å²) >= 11 is 0. The first-order chi connectivity index (χ1) is 15.7. The van der Waals surface area contributed by atoms with E-state index in [4.69, 9.17) is 0 Å². The van der Waals surface area contributed by atoms with Gasteiger partial charge in [-0.1, -0.05) is 42.5 Å². The van der Waals surface area contributed by atoms with Crippen molar-refractivity contribution in [3.63, 3.8) is 0 Å². The fraction of sp³-hybridized carbons (Fsp3) is 0.143. The summed E-state index contributed by atoms with van der Waals surface area (Å²) < 4.78 is 0. The molecule has 1 N–H and O–H groups in total. The molecule has 0 spiro atoms. The number of hydrogen-bond acceptors (Lipinski definition) is 3. The molecule has 1 amide bonds. The van der Waals surface area contributed by atoms with Gasteiger partial charge in [0.15, 0.2) is 0 Å². The molecule has 3 aromatic carbocycles. The maximum Gasteiger partial charge on any atom is 0.255 e. The molecule has 0 saturated carbocycles. The van der Waals surface area contributed by atoms with E-state index in [0.29, 0.717) is 5.56 Å². The van der Waals surface area contributed by atoms with E-state index in [-0.39, 0.29) is 5.91 Å². The molecule has 0 atom stereocenters. The Labute approximate surface area is 188 Å². The van der Waals surface area contributed by atoms with Crippen molar-refractivity contribution in [1.29, 1.82) is 0 Å². The van der Waals surface area contributed by atoms with Crippen LogP contribution in [-0.2, 0) is 19.4 Å². The van der Waals surface area contributed by atoms with E-state index in [9.17, 15) is 4.79 Å². The quantitative estimate of drug-likeness (QED) is 0.450. The molecule has 0 aliphatic carbocycles. The van der Waals surface area contributed by atoms with Gasteiger partial charge in [0, 0.05) is 42.4 Å². The van der Waals surface area contributed by atoms with Crippen LogP contribution in [0.5, 0.6) is 0 Å². The molecule has 4 heteroatoms. The van der Waals surface area contributed by atoms with E-state index in [2.05, 4.69) is 39.5 Å².